The van der Waals surface area contributed by atoms with Crippen LogP contribution in [0.15, 0.2) is 18.2 Å². The number of hydrogen-bond donors (Lipinski definition) is 1. The van der Waals surface area contributed by atoms with Crippen LogP contribution in [0.1, 0.15) is 56.3 Å². The number of aromatic nitrogens is 1. The van der Waals surface area contributed by atoms with Gasteiger partial charge in [-0.15, -0.1) is 0 Å². The smallest absolute Gasteiger partial charge is 0.342 e. The van der Waals surface area contributed by atoms with Crippen molar-refractivity contribution >= 4 is 17.5 Å². The third kappa shape index (κ3) is 4.02. The Morgan fingerprint density at radius 3 is 2.26 bits per heavy atom. The van der Waals surface area contributed by atoms with E-state index in [-0.39, 0.29) is 22.8 Å². The quantitative estimate of drug-likeness (QED) is 0.591. The van der Waals surface area contributed by atoms with Gasteiger partial charge in [-0.25, -0.2) is 4.79 Å². The van der Waals surface area contributed by atoms with Crippen molar-refractivity contribution in [2.75, 3.05) is 14.2 Å². The molecule has 0 amide bonds. The summed E-state index contributed by atoms with van der Waals surface area (Å²) in [5.74, 6) is -0.425. The Labute approximate surface area is 157 Å². The van der Waals surface area contributed by atoms with Gasteiger partial charge in [0, 0.05) is 17.3 Å². The van der Waals surface area contributed by atoms with Crippen LogP contribution in [-0.4, -0.2) is 42.8 Å². The molecule has 0 bridgehead atoms. The minimum atomic E-state index is -1.04. The minimum Gasteiger partial charge on any atom is -0.497 e. The van der Waals surface area contributed by atoms with E-state index in [1.165, 1.54) is 34.1 Å². The van der Waals surface area contributed by atoms with Crippen LogP contribution >= 0.6 is 0 Å². The summed E-state index contributed by atoms with van der Waals surface area (Å²) < 4.78 is 15.6. The molecule has 27 heavy (non-hydrogen) atoms. The first-order valence-electron chi connectivity index (χ1n) is 8.38. The zero-order valence-electron chi connectivity index (χ0n) is 16.3. The average Bonchev–Trinajstić information content (AvgIpc) is 2.94. The molecule has 0 aliphatic rings. The van der Waals surface area contributed by atoms with Crippen LogP contribution in [0.4, 0.5) is 0 Å². The fourth-order valence-electron chi connectivity index (χ4n) is 2.97. The molecule has 1 atom stereocenters. The van der Waals surface area contributed by atoms with Gasteiger partial charge in [-0.1, -0.05) is 0 Å². The van der Waals surface area contributed by atoms with Gasteiger partial charge in [0.1, 0.15) is 17.1 Å². The van der Waals surface area contributed by atoms with Crippen molar-refractivity contribution in [2.24, 2.45) is 0 Å². The number of H-pyrrole nitrogens is 1. The predicted molar refractivity (Wildman–Crippen MR) is 99.0 cm³/mol. The summed E-state index contributed by atoms with van der Waals surface area (Å²) >= 11 is 0. The molecule has 2 rings (SSSR count). The lowest BCUT2D eigenvalue weighted by Crippen LogP contribution is -2.25. The Hall–Kier alpha value is -3.09. The van der Waals surface area contributed by atoms with E-state index in [9.17, 15) is 14.4 Å². The molecule has 7 heteroatoms. The van der Waals surface area contributed by atoms with Crippen molar-refractivity contribution in [3.05, 3.63) is 46.3 Å². The molecule has 0 aliphatic heterocycles. The normalized spacial score (nSPS) is 11.6. The van der Waals surface area contributed by atoms with Crippen LogP contribution in [0.3, 0.4) is 0 Å². The van der Waals surface area contributed by atoms with Crippen molar-refractivity contribution in [1.29, 1.82) is 0 Å². The van der Waals surface area contributed by atoms with Gasteiger partial charge in [-0.2, -0.15) is 0 Å². The molecule has 0 saturated carbocycles. The zero-order chi connectivity index (χ0) is 20.3. The van der Waals surface area contributed by atoms with E-state index in [0.29, 0.717) is 22.6 Å². The van der Waals surface area contributed by atoms with Crippen LogP contribution in [0.2, 0.25) is 0 Å². The van der Waals surface area contributed by atoms with Gasteiger partial charge < -0.3 is 19.2 Å². The van der Waals surface area contributed by atoms with Crippen molar-refractivity contribution in [2.45, 2.75) is 33.8 Å². The molecule has 0 spiro atoms. The number of carbonyl (C=O) groups excluding carboxylic acids is 3. The summed E-state index contributed by atoms with van der Waals surface area (Å²) in [6.45, 7) is 6.34. The summed E-state index contributed by atoms with van der Waals surface area (Å²) in [4.78, 5) is 39.8. The highest BCUT2D eigenvalue weighted by atomic mass is 16.5. The number of nitrogens with one attached hydrogen (secondary N) is 1. The highest BCUT2D eigenvalue weighted by Crippen LogP contribution is 2.26. The number of carbonyl (C=O) groups is 3. The first kappa shape index (κ1) is 20.2. The second-order valence-corrected chi connectivity index (χ2v) is 6.16. The SMILES string of the molecule is COc1ccc(C(=O)OC(C)C(=O)c2[nH]c(C)c(C(C)=O)c2C)c(OC)c1. The third-order valence-electron chi connectivity index (χ3n) is 4.32. The van der Waals surface area contributed by atoms with E-state index in [1.807, 2.05) is 0 Å². The van der Waals surface area contributed by atoms with Crippen molar-refractivity contribution in [3.63, 3.8) is 0 Å². The number of rotatable bonds is 7. The van der Waals surface area contributed by atoms with Gasteiger partial charge in [0.05, 0.1) is 19.9 Å². The van der Waals surface area contributed by atoms with E-state index in [2.05, 4.69) is 4.98 Å². The van der Waals surface area contributed by atoms with E-state index in [0.717, 1.165) is 0 Å². The van der Waals surface area contributed by atoms with E-state index >= 15 is 0 Å². The number of methoxy groups -OCH3 is 2. The van der Waals surface area contributed by atoms with E-state index < -0.39 is 17.9 Å². The minimum absolute atomic E-state index is 0.132. The molecule has 144 valence electrons. The monoisotopic (exact) mass is 373 g/mol. The average molecular weight is 373 g/mol. The summed E-state index contributed by atoms with van der Waals surface area (Å²) in [6, 6.07) is 4.67. The highest BCUT2D eigenvalue weighted by Gasteiger charge is 2.27. The van der Waals surface area contributed by atoms with Crippen LogP contribution < -0.4 is 9.47 Å². The summed E-state index contributed by atoms with van der Waals surface area (Å²) in [5, 5.41) is 0. The topological polar surface area (TPSA) is 94.7 Å². The maximum Gasteiger partial charge on any atom is 0.342 e. The Balaban J connectivity index is 2.23. The van der Waals surface area contributed by atoms with Gasteiger partial charge >= 0.3 is 5.97 Å². The van der Waals surface area contributed by atoms with E-state index in [4.69, 9.17) is 14.2 Å². The number of aryl methyl sites for hydroxylation is 1. The molecule has 0 aliphatic carbocycles. The lowest BCUT2D eigenvalue weighted by molar-refractivity contribution is 0.0314. The number of hydrogen-bond acceptors (Lipinski definition) is 6. The molecule has 1 aromatic heterocycles. The molecule has 0 fully saturated rings. The lowest BCUT2D eigenvalue weighted by atomic mass is 10.0. The largest absolute Gasteiger partial charge is 0.497 e. The molecule has 2 aromatic rings. The molecule has 0 saturated heterocycles. The third-order valence-corrected chi connectivity index (χ3v) is 4.32. The van der Waals surface area contributed by atoms with Gasteiger partial charge in [-0.05, 0) is 45.4 Å². The molecular weight excluding hydrogens is 350 g/mol. The zero-order valence-corrected chi connectivity index (χ0v) is 16.3. The van der Waals surface area contributed by atoms with Gasteiger partial charge in [0.25, 0.3) is 0 Å². The molecule has 1 heterocycles. The predicted octanol–water partition coefficient (Wildman–Crippen LogP) is 3.28. The first-order chi connectivity index (χ1) is 12.7. The second kappa shape index (κ2) is 8.07. The van der Waals surface area contributed by atoms with Crippen molar-refractivity contribution < 1.29 is 28.6 Å². The number of ketones is 2. The number of ether oxygens (including phenoxy) is 3. The van der Waals surface area contributed by atoms with Gasteiger partial charge in [0.2, 0.25) is 5.78 Å². The molecule has 0 radical (unpaired) electrons. The molecule has 1 aromatic carbocycles. The maximum absolute atomic E-state index is 12.7. The molecule has 1 N–H and O–H groups in total. The maximum atomic E-state index is 12.7. The number of esters is 1. The standard InChI is InChI=1S/C20H23NO6/c1-10-17(12(3)22)11(2)21-18(10)19(23)13(4)27-20(24)15-8-7-14(25-5)9-16(15)26-6/h7-9,13,21H,1-6H3. The van der Waals surface area contributed by atoms with E-state index in [1.54, 1.807) is 26.0 Å². The van der Waals surface area contributed by atoms with Gasteiger partial charge in [0.15, 0.2) is 11.9 Å². The highest BCUT2D eigenvalue weighted by molar-refractivity contribution is 6.05. The fraction of sp³-hybridized carbons (Fsp3) is 0.350. The second-order valence-electron chi connectivity index (χ2n) is 6.16. The Bertz CT molecular complexity index is 896. The fourth-order valence-corrected chi connectivity index (χ4v) is 2.97. The molecule has 7 nitrogen and oxygen atoms in total. The van der Waals surface area contributed by atoms with Gasteiger partial charge in [-0.3, -0.25) is 9.59 Å². The van der Waals surface area contributed by atoms with Crippen LogP contribution in [0, 0.1) is 13.8 Å². The summed E-state index contributed by atoms with van der Waals surface area (Å²) in [6.07, 6.45) is -1.04. The summed E-state index contributed by atoms with van der Waals surface area (Å²) in [5.41, 5.74) is 2.09. The lowest BCUT2D eigenvalue weighted by Gasteiger charge is -2.14. The van der Waals surface area contributed by atoms with Crippen LogP contribution in [0.5, 0.6) is 11.5 Å². The first-order valence-corrected chi connectivity index (χ1v) is 8.38. The van der Waals surface area contributed by atoms with Crippen LogP contribution in [0.25, 0.3) is 0 Å². The summed E-state index contributed by atoms with van der Waals surface area (Å²) in [7, 11) is 2.93. The number of benzene rings is 1. The number of aromatic amines is 1. The number of Topliss-reactive ketones (excluding diaryl/α,β-unsaturated/α-hetero) is 2. The van der Waals surface area contributed by atoms with Crippen LogP contribution in [-0.2, 0) is 4.74 Å². The molecular formula is C20H23NO6. The van der Waals surface area contributed by atoms with Crippen molar-refractivity contribution in [3.8, 4) is 11.5 Å². The van der Waals surface area contributed by atoms with Crippen molar-refractivity contribution in [1.82, 2.24) is 4.98 Å². The Morgan fingerprint density at radius 2 is 1.74 bits per heavy atom. The molecule has 1 unspecified atom stereocenters. The Morgan fingerprint density at radius 1 is 1.07 bits per heavy atom. The Kier molecular flexibility index (Phi) is 6.05.